The van der Waals surface area contributed by atoms with Crippen molar-refractivity contribution < 1.29 is 8.78 Å². The number of nitrogens with zero attached hydrogens (tertiary/aromatic N) is 2. The summed E-state index contributed by atoms with van der Waals surface area (Å²) in [5.41, 5.74) is 1.62. The monoisotopic (exact) mass is 258 g/mol. The Balaban J connectivity index is 2.16. The molecule has 0 atom stereocenters. The van der Waals surface area contributed by atoms with Gasteiger partial charge < -0.3 is 4.90 Å². The van der Waals surface area contributed by atoms with E-state index in [0.717, 1.165) is 5.56 Å². The van der Waals surface area contributed by atoms with Crippen LogP contribution in [0.5, 0.6) is 0 Å². The molecular formula is C15H12F2N2. The van der Waals surface area contributed by atoms with Crippen LogP contribution in [0.1, 0.15) is 11.1 Å². The number of nitriles is 1. The average molecular weight is 258 g/mol. The minimum atomic E-state index is -0.536. The molecule has 0 heterocycles. The number of benzene rings is 2. The van der Waals surface area contributed by atoms with Crippen molar-refractivity contribution in [1.29, 1.82) is 5.26 Å². The third kappa shape index (κ3) is 3.08. The van der Waals surface area contributed by atoms with E-state index in [0.29, 0.717) is 12.2 Å². The lowest BCUT2D eigenvalue weighted by atomic mass is 10.1. The van der Waals surface area contributed by atoms with Crippen LogP contribution >= 0.6 is 0 Å². The van der Waals surface area contributed by atoms with Crippen molar-refractivity contribution in [3.05, 3.63) is 65.2 Å². The predicted octanol–water partition coefficient (Wildman–Crippen LogP) is 3.47. The Morgan fingerprint density at radius 2 is 1.79 bits per heavy atom. The zero-order valence-electron chi connectivity index (χ0n) is 10.4. The molecule has 0 amide bonds. The van der Waals surface area contributed by atoms with Gasteiger partial charge in [-0.25, -0.2) is 8.78 Å². The molecule has 0 aliphatic heterocycles. The molecule has 0 unspecified atom stereocenters. The Kier molecular flexibility index (Phi) is 3.76. The summed E-state index contributed by atoms with van der Waals surface area (Å²) in [6.07, 6.45) is 0. The van der Waals surface area contributed by atoms with E-state index in [4.69, 9.17) is 5.26 Å². The molecule has 2 nitrogen and oxygen atoms in total. The van der Waals surface area contributed by atoms with Gasteiger partial charge in [0.25, 0.3) is 0 Å². The van der Waals surface area contributed by atoms with Crippen LogP contribution in [0.25, 0.3) is 0 Å². The number of halogens is 2. The van der Waals surface area contributed by atoms with Crippen LogP contribution < -0.4 is 4.90 Å². The fourth-order valence-corrected chi connectivity index (χ4v) is 1.79. The molecule has 0 aliphatic rings. The predicted molar refractivity (Wildman–Crippen MR) is 69.6 cm³/mol. The molecule has 96 valence electrons. The molecule has 0 fully saturated rings. The second-order valence-corrected chi connectivity index (χ2v) is 4.26. The largest absolute Gasteiger partial charge is 0.370 e. The first-order valence-corrected chi connectivity index (χ1v) is 5.75. The normalized spacial score (nSPS) is 10.0. The summed E-state index contributed by atoms with van der Waals surface area (Å²) >= 11 is 0. The minimum absolute atomic E-state index is 0.0268. The van der Waals surface area contributed by atoms with Crippen LogP contribution in [0.3, 0.4) is 0 Å². The van der Waals surface area contributed by atoms with Crippen molar-refractivity contribution >= 4 is 5.69 Å². The second-order valence-electron chi connectivity index (χ2n) is 4.26. The first kappa shape index (κ1) is 13.0. The van der Waals surface area contributed by atoms with E-state index in [2.05, 4.69) is 0 Å². The van der Waals surface area contributed by atoms with E-state index in [1.165, 1.54) is 24.3 Å². The van der Waals surface area contributed by atoms with E-state index in [1.54, 1.807) is 24.3 Å². The lowest BCUT2D eigenvalue weighted by molar-refractivity contribution is 0.623. The van der Waals surface area contributed by atoms with Crippen LogP contribution in [0.2, 0.25) is 0 Å². The molecule has 0 N–H and O–H groups in total. The molecule has 2 aromatic carbocycles. The zero-order valence-corrected chi connectivity index (χ0v) is 10.4. The molecule has 0 aliphatic carbocycles. The number of anilines is 1. The molecule has 0 bridgehead atoms. The Bertz CT molecular complexity index is 615. The van der Waals surface area contributed by atoms with E-state index >= 15 is 0 Å². The van der Waals surface area contributed by atoms with Gasteiger partial charge in [0, 0.05) is 19.3 Å². The first-order chi connectivity index (χ1) is 9.10. The van der Waals surface area contributed by atoms with Crippen molar-refractivity contribution in [2.24, 2.45) is 0 Å². The fraction of sp³-hybridized carbons (Fsp3) is 0.133. The van der Waals surface area contributed by atoms with Gasteiger partial charge in [0.1, 0.15) is 17.7 Å². The summed E-state index contributed by atoms with van der Waals surface area (Å²) in [4.78, 5) is 1.83. The molecule has 2 aromatic rings. The third-order valence-electron chi connectivity index (χ3n) is 2.85. The van der Waals surface area contributed by atoms with E-state index in [1.807, 2.05) is 11.9 Å². The highest BCUT2D eigenvalue weighted by atomic mass is 19.1. The Morgan fingerprint density at radius 3 is 2.37 bits per heavy atom. The standard InChI is InChI=1S/C15H12F2N2/c1-19(10-11-2-5-13(16)6-3-11)14-7-4-12(9-18)15(17)8-14/h2-8H,10H2,1H3. The summed E-state index contributed by atoms with van der Waals surface area (Å²) in [6.45, 7) is 0.533. The molecule has 0 radical (unpaired) electrons. The summed E-state index contributed by atoms with van der Waals surface area (Å²) in [5, 5.41) is 8.67. The van der Waals surface area contributed by atoms with Gasteiger partial charge in [0.15, 0.2) is 0 Å². The number of rotatable bonds is 3. The fourth-order valence-electron chi connectivity index (χ4n) is 1.79. The van der Waals surface area contributed by atoms with Gasteiger partial charge in [-0.3, -0.25) is 0 Å². The molecule has 0 spiro atoms. The highest BCUT2D eigenvalue weighted by Crippen LogP contribution is 2.19. The molecular weight excluding hydrogens is 246 g/mol. The summed E-state index contributed by atoms with van der Waals surface area (Å²) < 4.78 is 26.3. The third-order valence-corrected chi connectivity index (χ3v) is 2.85. The van der Waals surface area contributed by atoms with Gasteiger partial charge in [-0.1, -0.05) is 12.1 Å². The topological polar surface area (TPSA) is 27.0 Å². The van der Waals surface area contributed by atoms with Gasteiger partial charge in [-0.05, 0) is 35.9 Å². The number of hydrogen-bond donors (Lipinski definition) is 0. The van der Waals surface area contributed by atoms with Crippen molar-refractivity contribution in [3.63, 3.8) is 0 Å². The van der Waals surface area contributed by atoms with Crippen LogP contribution in [0.15, 0.2) is 42.5 Å². The molecule has 19 heavy (non-hydrogen) atoms. The number of hydrogen-bond acceptors (Lipinski definition) is 2. The highest BCUT2D eigenvalue weighted by Gasteiger charge is 2.07. The Hall–Kier alpha value is -2.41. The van der Waals surface area contributed by atoms with Gasteiger partial charge in [-0.2, -0.15) is 5.26 Å². The molecule has 0 saturated heterocycles. The van der Waals surface area contributed by atoms with Crippen molar-refractivity contribution in [1.82, 2.24) is 0 Å². The SMILES string of the molecule is CN(Cc1ccc(F)cc1)c1ccc(C#N)c(F)c1. The maximum atomic E-state index is 13.5. The van der Waals surface area contributed by atoms with Crippen LogP contribution in [-0.2, 0) is 6.54 Å². The summed E-state index contributed by atoms with van der Waals surface area (Å²) in [5.74, 6) is -0.818. The van der Waals surface area contributed by atoms with Gasteiger partial charge in [0.05, 0.1) is 5.56 Å². The molecule has 2 rings (SSSR count). The van der Waals surface area contributed by atoms with Crippen LogP contribution in [-0.4, -0.2) is 7.05 Å². The molecule has 0 aromatic heterocycles. The van der Waals surface area contributed by atoms with Crippen LogP contribution in [0.4, 0.5) is 14.5 Å². The maximum Gasteiger partial charge on any atom is 0.143 e. The van der Waals surface area contributed by atoms with Crippen molar-refractivity contribution in [3.8, 4) is 6.07 Å². The second kappa shape index (κ2) is 5.49. The Labute approximate surface area is 110 Å². The van der Waals surface area contributed by atoms with Gasteiger partial charge >= 0.3 is 0 Å². The quantitative estimate of drug-likeness (QED) is 0.842. The lowest BCUT2D eigenvalue weighted by Gasteiger charge is -2.19. The summed E-state index contributed by atoms with van der Waals surface area (Å²) in [6, 6.07) is 12.4. The van der Waals surface area contributed by atoms with E-state index < -0.39 is 5.82 Å². The summed E-state index contributed by atoms with van der Waals surface area (Å²) in [7, 11) is 1.81. The van der Waals surface area contributed by atoms with Gasteiger partial charge in [-0.15, -0.1) is 0 Å². The van der Waals surface area contributed by atoms with Crippen molar-refractivity contribution in [2.45, 2.75) is 6.54 Å². The van der Waals surface area contributed by atoms with E-state index in [-0.39, 0.29) is 11.4 Å². The minimum Gasteiger partial charge on any atom is -0.370 e. The zero-order chi connectivity index (χ0) is 13.8. The lowest BCUT2D eigenvalue weighted by Crippen LogP contribution is -2.16. The highest BCUT2D eigenvalue weighted by molar-refractivity contribution is 5.50. The maximum absolute atomic E-state index is 13.5. The smallest absolute Gasteiger partial charge is 0.143 e. The van der Waals surface area contributed by atoms with Crippen molar-refractivity contribution in [2.75, 3.05) is 11.9 Å². The van der Waals surface area contributed by atoms with Crippen LogP contribution in [0, 0.1) is 23.0 Å². The first-order valence-electron chi connectivity index (χ1n) is 5.75. The van der Waals surface area contributed by atoms with Gasteiger partial charge in [0.2, 0.25) is 0 Å². The van der Waals surface area contributed by atoms with E-state index in [9.17, 15) is 8.78 Å². The molecule has 4 heteroatoms. The molecule has 0 saturated carbocycles. The average Bonchev–Trinajstić information content (AvgIpc) is 2.41. The Morgan fingerprint density at radius 1 is 1.11 bits per heavy atom.